The molecule has 3 aromatic rings. The first-order chi connectivity index (χ1) is 14.6. The maximum Gasteiger partial charge on any atom is 0.328 e. The Morgan fingerprint density at radius 2 is 1.57 bits per heavy atom. The zero-order valence-corrected chi connectivity index (χ0v) is 16.9. The number of hydrogen-bond donors (Lipinski definition) is 1. The summed E-state index contributed by atoms with van der Waals surface area (Å²) in [6.07, 6.45) is -0.115. The number of carbonyl (C=O) groups is 2. The molecule has 2 atom stereocenters. The van der Waals surface area contributed by atoms with E-state index in [-0.39, 0.29) is 12.3 Å². The summed E-state index contributed by atoms with van der Waals surface area (Å²) in [4.78, 5) is 24.2. The van der Waals surface area contributed by atoms with Gasteiger partial charge in [-0.1, -0.05) is 66.7 Å². The van der Waals surface area contributed by atoms with Crippen LogP contribution in [0.2, 0.25) is 0 Å². The van der Waals surface area contributed by atoms with E-state index in [1.54, 1.807) is 0 Å². The molecule has 0 aromatic heterocycles. The number of esters is 2. The second kappa shape index (κ2) is 8.41. The summed E-state index contributed by atoms with van der Waals surface area (Å²) in [5.74, 6) is -0.962. The van der Waals surface area contributed by atoms with Crippen LogP contribution in [0.15, 0.2) is 72.8 Å². The standard InChI is InChI=1S/C25H23NO4/c1-29-22(27)15-21(25(28)30-2)26-20-14-8-13-19-17-11-6-7-12-18(17)23(24(19)20)16-9-4-3-5-10-16/h3-14,21,23,26H,15H2,1-2H3/t21-,23?/m0/s1. The summed E-state index contributed by atoms with van der Waals surface area (Å²) in [5.41, 5.74) is 6.57. The molecule has 0 saturated carbocycles. The molecule has 0 amide bonds. The van der Waals surface area contributed by atoms with Gasteiger partial charge in [0.05, 0.1) is 20.6 Å². The van der Waals surface area contributed by atoms with Crippen LogP contribution in [0.5, 0.6) is 0 Å². The Kier molecular flexibility index (Phi) is 5.53. The molecule has 0 heterocycles. The Hall–Kier alpha value is -3.60. The van der Waals surface area contributed by atoms with Gasteiger partial charge < -0.3 is 14.8 Å². The topological polar surface area (TPSA) is 64.6 Å². The Balaban J connectivity index is 1.81. The number of hydrogen-bond acceptors (Lipinski definition) is 5. The van der Waals surface area contributed by atoms with Crippen molar-refractivity contribution in [3.05, 3.63) is 89.5 Å². The molecule has 0 radical (unpaired) electrons. The van der Waals surface area contributed by atoms with Crippen LogP contribution in [0, 0.1) is 0 Å². The highest BCUT2D eigenvalue weighted by molar-refractivity contribution is 5.89. The number of nitrogens with one attached hydrogen (secondary N) is 1. The molecule has 1 aliphatic rings. The maximum absolute atomic E-state index is 12.3. The van der Waals surface area contributed by atoms with Crippen LogP contribution in [0.4, 0.5) is 5.69 Å². The van der Waals surface area contributed by atoms with Gasteiger partial charge in [-0.25, -0.2) is 4.79 Å². The first-order valence-corrected chi connectivity index (χ1v) is 9.82. The molecule has 0 spiro atoms. The van der Waals surface area contributed by atoms with Gasteiger partial charge in [-0.3, -0.25) is 4.79 Å². The molecule has 0 saturated heterocycles. The highest BCUT2D eigenvalue weighted by Crippen LogP contribution is 2.50. The molecule has 1 N–H and O–H groups in total. The van der Waals surface area contributed by atoms with Gasteiger partial charge in [-0.05, 0) is 33.9 Å². The van der Waals surface area contributed by atoms with Crippen molar-refractivity contribution >= 4 is 17.6 Å². The van der Waals surface area contributed by atoms with Crippen molar-refractivity contribution in [1.82, 2.24) is 0 Å². The van der Waals surface area contributed by atoms with E-state index in [0.29, 0.717) is 0 Å². The van der Waals surface area contributed by atoms with Crippen LogP contribution < -0.4 is 5.32 Å². The maximum atomic E-state index is 12.3. The van der Waals surface area contributed by atoms with Crippen molar-refractivity contribution in [2.75, 3.05) is 19.5 Å². The fourth-order valence-corrected chi connectivity index (χ4v) is 4.15. The van der Waals surface area contributed by atoms with E-state index in [0.717, 1.165) is 16.8 Å². The van der Waals surface area contributed by atoms with E-state index >= 15 is 0 Å². The molecule has 0 aliphatic heterocycles. The van der Waals surface area contributed by atoms with Gasteiger partial charge in [0.2, 0.25) is 0 Å². The van der Waals surface area contributed by atoms with Crippen molar-refractivity contribution in [3.63, 3.8) is 0 Å². The van der Waals surface area contributed by atoms with E-state index in [9.17, 15) is 9.59 Å². The number of ether oxygens (including phenoxy) is 2. The number of anilines is 1. The van der Waals surface area contributed by atoms with Crippen LogP contribution in [-0.2, 0) is 19.1 Å². The first kappa shape index (κ1) is 19.7. The first-order valence-electron chi connectivity index (χ1n) is 9.82. The third-order valence-corrected chi connectivity index (χ3v) is 5.50. The highest BCUT2D eigenvalue weighted by atomic mass is 16.5. The molecule has 0 bridgehead atoms. The van der Waals surface area contributed by atoms with Gasteiger partial charge in [-0.2, -0.15) is 0 Å². The summed E-state index contributed by atoms with van der Waals surface area (Å²) in [5, 5.41) is 3.25. The lowest BCUT2D eigenvalue weighted by Crippen LogP contribution is -2.33. The van der Waals surface area contributed by atoms with Crippen LogP contribution in [0.3, 0.4) is 0 Å². The molecule has 3 aromatic carbocycles. The molecule has 5 nitrogen and oxygen atoms in total. The molecule has 1 aliphatic carbocycles. The van der Waals surface area contributed by atoms with E-state index < -0.39 is 18.0 Å². The molecule has 152 valence electrons. The van der Waals surface area contributed by atoms with Crippen LogP contribution in [0.1, 0.15) is 29.0 Å². The van der Waals surface area contributed by atoms with Crippen molar-refractivity contribution < 1.29 is 19.1 Å². The minimum Gasteiger partial charge on any atom is -0.469 e. The monoisotopic (exact) mass is 401 g/mol. The molecule has 0 fully saturated rings. The van der Waals surface area contributed by atoms with E-state index in [4.69, 9.17) is 9.47 Å². The van der Waals surface area contributed by atoms with Gasteiger partial charge in [0, 0.05) is 11.6 Å². The number of benzene rings is 3. The summed E-state index contributed by atoms with van der Waals surface area (Å²) < 4.78 is 9.67. The van der Waals surface area contributed by atoms with Crippen molar-refractivity contribution in [2.45, 2.75) is 18.4 Å². The molecule has 30 heavy (non-hydrogen) atoms. The van der Waals surface area contributed by atoms with Crippen molar-refractivity contribution in [3.8, 4) is 11.1 Å². The summed E-state index contributed by atoms with van der Waals surface area (Å²) in [7, 11) is 2.62. The van der Waals surface area contributed by atoms with Gasteiger partial charge in [0.25, 0.3) is 0 Å². The Labute approximate surface area is 175 Å². The normalized spacial score (nSPS) is 14.9. The molecular weight excluding hydrogens is 378 g/mol. The van der Waals surface area contributed by atoms with Gasteiger partial charge in [0.15, 0.2) is 0 Å². The van der Waals surface area contributed by atoms with E-state index in [1.807, 2.05) is 42.5 Å². The number of methoxy groups -OCH3 is 2. The minimum atomic E-state index is -0.839. The molecule has 1 unspecified atom stereocenters. The molecule has 5 heteroatoms. The number of fused-ring (bicyclic) bond motifs is 3. The predicted octanol–water partition coefficient (Wildman–Crippen LogP) is 4.36. The quantitative estimate of drug-likeness (QED) is 0.486. The van der Waals surface area contributed by atoms with E-state index in [1.165, 1.54) is 30.9 Å². The average Bonchev–Trinajstić information content (AvgIpc) is 3.14. The third-order valence-electron chi connectivity index (χ3n) is 5.50. The number of rotatable bonds is 6. The third kappa shape index (κ3) is 3.54. The van der Waals surface area contributed by atoms with Gasteiger partial charge in [-0.15, -0.1) is 0 Å². The minimum absolute atomic E-state index is 0.0255. The molecule has 4 rings (SSSR count). The lowest BCUT2D eigenvalue weighted by atomic mass is 9.88. The second-order valence-electron chi connectivity index (χ2n) is 7.20. The summed E-state index contributed by atoms with van der Waals surface area (Å²) in [6, 6.07) is 23.8. The van der Waals surface area contributed by atoms with Gasteiger partial charge in [0.1, 0.15) is 6.04 Å². The van der Waals surface area contributed by atoms with Crippen LogP contribution in [0.25, 0.3) is 11.1 Å². The van der Waals surface area contributed by atoms with Crippen LogP contribution in [-0.4, -0.2) is 32.2 Å². The lowest BCUT2D eigenvalue weighted by molar-refractivity contribution is -0.148. The summed E-state index contributed by atoms with van der Waals surface area (Å²) >= 11 is 0. The zero-order chi connectivity index (χ0) is 21.1. The summed E-state index contributed by atoms with van der Waals surface area (Å²) in [6.45, 7) is 0. The Morgan fingerprint density at radius 1 is 0.867 bits per heavy atom. The lowest BCUT2D eigenvalue weighted by Gasteiger charge is -2.22. The molecular formula is C25H23NO4. The van der Waals surface area contributed by atoms with Crippen molar-refractivity contribution in [1.29, 1.82) is 0 Å². The van der Waals surface area contributed by atoms with Gasteiger partial charge >= 0.3 is 11.9 Å². The predicted molar refractivity (Wildman–Crippen MR) is 115 cm³/mol. The Morgan fingerprint density at radius 3 is 2.30 bits per heavy atom. The smallest absolute Gasteiger partial charge is 0.328 e. The second-order valence-corrected chi connectivity index (χ2v) is 7.20. The zero-order valence-electron chi connectivity index (χ0n) is 16.9. The fourth-order valence-electron chi connectivity index (χ4n) is 4.15. The largest absolute Gasteiger partial charge is 0.469 e. The fraction of sp³-hybridized carbons (Fsp3) is 0.200. The highest BCUT2D eigenvalue weighted by Gasteiger charge is 2.33. The van der Waals surface area contributed by atoms with Crippen LogP contribution >= 0.6 is 0 Å². The SMILES string of the molecule is COC(=O)C[C@H](Nc1cccc2c1C(c1ccccc1)c1ccccc1-2)C(=O)OC. The van der Waals surface area contributed by atoms with Crippen molar-refractivity contribution in [2.24, 2.45) is 0 Å². The Bertz CT molecular complexity index is 1080. The average molecular weight is 401 g/mol. The number of carbonyl (C=O) groups excluding carboxylic acids is 2. The van der Waals surface area contributed by atoms with E-state index in [2.05, 4.69) is 35.6 Å².